The van der Waals surface area contributed by atoms with Crippen LogP contribution >= 0.6 is 0 Å². The van der Waals surface area contributed by atoms with Crippen LogP contribution in [0, 0.1) is 0 Å². The van der Waals surface area contributed by atoms with Crippen molar-refractivity contribution in [3.8, 4) is 0 Å². The molecule has 116 valence electrons. The number of fused-ring (bicyclic) bond motifs is 1. The van der Waals surface area contributed by atoms with Gasteiger partial charge in [-0.25, -0.2) is 14.6 Å². The van der Waals surface area contributed by atoms with Crippen molar-refractivity contribution in [3.05, 3.63) is 22.8 Å². The molecule has 1 aliphatic rings. The molecule has 0 aliphatic carbocycles. The van der Waals surface area contributed by atoms with Crippen LogP contribution < -0.4 is 16.0 Å². The van der Waals surface area contributed by atoms with Crippen LogP contribution in [0.3, 0.4) is 0 Å². The smallest absolute Gasteiger partial charge is 0.420 e. The van der Waals surface area contributed by atoms with Gasteiger partial charge in [-0.3, -0.25) is 14.3 Å². The van der Waals surface area contributed by atoms with E-state index < -0.39 is 11.8 Å². The zero-order chi connectivity index (χ0) is 15.9. The molecule has 2 aromatic heterocycles. The number of amides is 2. The van der Waals surface area contributed by atoms with Gasteiger partial charge in [-0.2, -0.15) is 0 Å². The van der Waals surface area contributed by atoms with E-state index in [4.69, 9.17) is 9.15 Å². The number of aryl methyl sites for hydroxylation is 1. The maximum Gasteiger partial charge on any atom is 0.420 e. The molecule has 1 saturated heterocycles. The molecule has 2 aromatic rings. The van der Waals surface area contributed by atoms with E-state index in [2.05, 4.69) is 10.3 Å². The number of rotatable bonds is 3. The van der Waals surface area contributed by atoms with Crippen LogP contribution in [0.25, 0.3) is 11.2 Å². The van der Waals surface area contributed by atoms with Gasteiger partial charge in [0.25, 0.3) is 0 Å². The van der Waals surface area contributed by atoms with Gasteiger partial charge in [0, 0.05) is 26.6 Å². The SMILES string of the molecule is CC(=O)NCC1COC(=O)N1c1cnc2c(c1)oc(=O)n2C. The van der Waals surface area contributed by atoms with Gasteiger partial charge in [-0.15, -0.1) is 0 Å². The number of pyridine rings is 1. The third-order valence-electron chi connectivity index (χ3n) is 3.43. The highest BCUT2D eigenvalue weighted by atomic mass is 16.6. The Hall–Kier alpha value is -2.84. The lowest BCUT2D eigenvalue weighted by molar-refractivity contribution is -0.119. The molecule has 1 atom stereocenters. The number of hydrogen-bond acceptors (Lipinski definition) is 6. The number of anilines is 1. The molecule has 1 unspecified atom stereocenters. The summed E-state index contributed by atoms with van der Waals surface area (Å²) in [6.07, 6.45) is 0.930. The van der Waals surface area contributed by atoms with E-state index in [0.29, 0.717) is 11.3 Å². The van der Waals surface area contributed by atoms with Crippen molar-refractivity contribution in [2.75, 3.05) is 18.1 Å². The Bertz CT molecular complexity index is 808. The summed E-state index contributed by atoms with van der Waals surface area (Å²) >= 11 is 0. The Balaban J connectivity index is 1.95. The summed E-state index contributed by atoms with van der Waals surface area (Å²) in [6.45, 7) is 1.82. The zero-order valence-corrected chi connectivity index (χ0v) is 12.0. The molecule has 0 radical (unpaired) electrons. The molecule has 22 heavy (non-hydrogen) atoms. The molecule has 1 fully saturated rings. The van der Waals surface area contributed by atoms with E-state index in [-0.39, 0.29) is 30.7 Å². The average molecular weight is 306 g/mol. The van der Waals surface area contributed by atoms with Crippen LogP contribution in [0.4, 0.5) is 10.5 Å². The van der Waals surface area contributed by atoms with Crippen molar-refractivity contribution < 1.29 is 18.7 Å². The first-order chi connectivity index (χ1) is 10.5. The van der Waals surface area contributed by atoms with Crippen molar-refractivity contribution in [1.29, 1.82) is 0 Å². The summed E-state index contributed by atoms with van der Waals surface area (Å²) < 4.78 is 11.4. The van der Waals surface area contributed by atoms with Crippen molar-refractivity contribution in [2.24, 2.45) is 7.05 Å². The minimum absolute atomic E-state index is 0.163. The quantitative estimate of drug-likeness (QED) is 0.854. The molecule has 1 N–H and O–H groups in total. The van der Waals surface area contributed by atoms with Crippen LogP contribution in [0.5, 0.6) is 0 Å². The number of nitrogens with zero attached hydrogens (tertiary/aromatic N) is 3. The van der Waals surface area contributed by atoms with E-state index in [9.17, 15) is 14.4 Å². The van der Waals surface area contributed by atoms with E-state index >= 15 is 0 Å². The maximum atomic E-state index is 11.9. The average Bonchev–Trinajstić information content (AvgIpc) is 2.97. The number of cyclic esters (lactones) is 1. The molecular formula is C13H14N4O5. The van der Waals surface area contributed by atoms with E-state index in [0.717, 1.165) is 0 Å². The third-order valence-corrected chi connectivity index (χ3v) is 3.43. The number of ether oxygens (including phenoxy) is 1. The molecule has 0 saturated carbocycles. The Labute approximate surface area is 124 Å². The Morgan fingerprint density at radius 2 is 2.27 bits per heavy atom. The lowest BCUT2D eigenvalue weighted by atomic mass is 10.2. The van der Waals surface area contributed by atoms with Crippen LogP contribution in [-0.4, -0.2) is 40.7 Å². The first kappa shape index (κ1) is 14.1. The van der Waals surface area contributed by atoms with Gasteiger partial charge in [0.1, 0.15) is 6.61 Å². The largest absolute Gasteiger partial charge is 0.447 e. The summed E-state index contributed by atoms with van der Waals surface area (Å²) in [5.74, 6) is -0.722. The minimum atomic E-state index is -0.533. The molecule has 3 rings (SSSR count). The highest BCUT2D eigenvalue weighted by Crippen LogP contribution is 2.25. The summed E-state index contributed by atoms with van der Waals surface area (Å²) in [6, 6.07) is 1.21. The second-order valence-corrected chi connectivity index (χ2v) is 4.98. The minimum Gasteiger partial charge on any atom is -0.447 e. The molecule has 9 heteroatoms. The summed E-state index contributed by atoms with van der Waals surface area (Å²) in [5, 5.41) is 2.65. The predicted octanol–water partition coefficient (Wildman–Crippen LogP) is -0.0122. The standard InChI is InChI=1S/C13H14N4O5/c1-7(18)14-5-9-6-21-13(20)17(9)8-3-10-11(15-4-8)16(2)12(19)22-10/h3-4,9H,5-6H2,1-2H3,(H,14,18). The molecule has 1 aliphatic heterocycles. The second kappa shape index (κ2) is 5.17. The molecular weight excluding hydrogens is 292 g/mol. The summed E-state index contributed by atoms with van der Waals surface area (Å²) in [4.78, 5) is 39.9. The van der Waals surface area contributed by atoms with Gasteiger partial charge < -0.3 is 14.5 Å². The summed E-state index contributed by atoms with van der Waals surface area (Å²) in [7, 11) is 1.55. The number of nitrogens with one attached hydrogen (secondary N) is 1. The Morgan fingerprint density at radius 3 is 3.00 bits per heavy atom. The van der Waals surface area contributed by atoms with Gasteiger partial charge in [-0.1, -0.05) is 0 Å². The Kier molecular flexibility index (Phi) is 3.32. The fourth-order valence-electron chi connectivity index (χ4n) is 2.32. The second-order valence-electron chi connectivity index (χ2n) is 4.98. The first-order valence-electron chi connectivity index (χ1n) is 6.63. The van der Waals surface area contributed by atoms with Crippen LogP contribution in [0.1, 0.15) is 6.92 Å². The van der Waals surface area contributed by atoms with Gasteiger partial charge in [0.05, 0.1) is 17.9 Å². The molecule has 3 heterocycles. The van der Waals surface area contributed by atoms with Crippen LogP contribution in [-0.2, 0) is 16.6 Å². The fraction of sp³-hybridized carbons (Fsp3) is 0.385. The van der Waals surface area contributed by atoms with Crippen LogP contribution in [0.15, 0.2) is 21.5 Å². The highest BCUT2D eigenvalue weighted by Gasteiger charge is 2.34. The number of carbonyl (C=O) groups excluding carboxylic acids is 2. The fourth-order valence-corrected chi connectivity index (χ4v) is 2.32. The van der Waals surface area contributed by atoms with Crippen LogP contribution in [0.2, 0.25) is 0 Å². The van der Waals surface area contributed by atoms with Crippen molar-refractivity contribution in [1.82, 2.24) is 14.9 Å². The summed E-state index contributed by atoms with van der Waals surface area (Å²) in [5.41, 5.74) is 1.11. The molecule has 2 amide bonds. The van der Waals surface area contributed by atoms with E-state index in [1.54, 1.807) is 13.1 Å². The van der Waals surface area contributed by atoms with Gasteiger partial charge in [0.2, 0.25) is 5.91 Å². The van der Waals surface area contributed by atoms with Gasteiger partial charge >= 0.3 is 11.8 Å². The van der Waals surface area contributed by atoms with Crippen molar-refractivity contribution >= 4 is 28.9 Å². The first-order valence-corrected chi connectivity index (χ1v) is 6.63. The zero-order valence-electron chi connectivity index (χ0n) is 12.0. The lowest BCUT2D eigenvalue weighted by Gasteiger charge is -2.20. The molecule has 0 bridgehead atoms. The lowest BCUT2D eigenvalue weighted by Crippen LogP contribution is -2.42. The number of aromatic nitrogens is 2. The van der Waals surface area contributed by atoms with Gasteiger partial charge in [-0.05, 0) is 0 Å². The third kappa shape index (κ3) is 2.30. The predicted molar refractivity (Wildman–Crippen MR) is 75.5 cm³/mol. The number of hydrogen-bond donors (Lipinski definition) is 1. The van der Waals surface area contributed by atoms with E-state index in [1.165, 1.54) is 22.6 Å². The number of oxazole rings is 1. The van der Waals surface area contributed by atoms with Crippen molar-refractivity contribution in [2.45, 2.75) is 13.0 Å². The molecule has 9 nitrogen and oxygen atoms in total. The highest BCUT2D eigenvalue weighted by molar-refractivity contribution is 5.92. The van der Waals surface area contributed by atoms with Gasteiger partial charge in [0.15, 0.2) is 11.2 Å². The maximum absolute atomic E-state index is 11.9. The van der Waals surface area contributed by atoms with Crippen molar-refractivity contribution in [3.63, 3.8) is 0 Å². The normalized spacial score (nSPS) is 17.8. The van der Waals surface area contributed by atoms with E-state index in [1.807, 2.05) is 0 Å². The topological polar surface area (TPSA) is 107 Å². The Morgan fingerprint density at radius 1 is 1.50 bits per heavy atom. The molecule has 0 spiro atoms. The molecule has 0 aromatic carbocycles. The monoisotopic (exact) mass is 306 g/mol. The number of carbonyl (C=O) groups is 2.